The third-order valence-electron chi connectivity index (χ3n) is 2.72. The Morgan fingerprint density at radius 3 is 2.76 bits per heavy atom. The minimum atomic E-state index is -0.918. The standard InChI is InChI=1S/C13H11FN4O3/c1-7-2-3-16-11(4-7)17-13(19)9-5-8(14)6-10(12(9)15)18(20)21/h2-6H,15H2,1H3,(H,16,17,19). The first-order valence-corrected chi connectivity index (χ1v) is 5.86. The molecule has 0 aliphatic carbocycles. The second-order valence-corrected chi connectivity index (χ2v) is 4.32. The normalized spacial score (nSPS) is 10.2. The monoisotopic (exact) mass is 290 g/mol. The Balaban J connectivity index is 2.37. The first-order valence-electron chi connectivity index (χ1n) is 5.86. The number of nitro groups is 1. The Labute approximate surface area is 118 Å². The van der Waals surface area contributed by atoms with Crippen LogP contribution in [0.1, 0.15) is 15.9 Å². The summed E-state index contributed by atoms with van der Waals surface area (Å²) in [5.41, 5.74) is 5.04. The van der Waals surface area contributed by atoms with Crippen molar-refractivity contribution in [3.63, 3.8) is 0 Å². The van der Waals surface area contributed by atoms with Crippen LogP contribution in [0.4, 0.5) is 21.6 Å². The molecule has 0 fully saturated rings. The lowest BCUT2D eigenvalue weighted by molar-refractivity contribution is -0.384. The molecule has 0 atom stereocenters. The highest BCUT2D eigenvalue weighted by atomic mass is 19.1. The van der Waals surface area contributed by atoms with Gasteiger partial charge in [-0.15, -0.1) is 0 Å². The van der Waals surface area contributed by atoms with Crippen LogP contribution in [0.5, 0.6) is 0 Å². The summed E-state index contributed by atoms with van der Waals surface area (Å²) in [6.07, 6.45) is 1.49. The van der Waals surface area contributed by atoms with Crippen molar-refractivity contribution in [3.05, 3.63) is 57.5 Å². The Bertz CT molecular complexity index is 733. The van der Waals surface area contributed by atoms with E-state index in [1.807, 2.05) is 0 Å². The molecular weight excluding hydrogens is 279 g/mol. The molecule has 0 bridgehead atoms. The van der Waals surface area contributed by atoms with Crippen LogP contribution in [0, 0.1) is 22.9 Å². The highest BCUT2D eigenvalue weighted by molar-refractivity contribution is 6.08. The number of hydrogen-bond acceptors (Lipinski definition) is 5. The van der Waals surface area contributed by atoms with Gasteiger partial charge in [-0.05, 0) is 30.7 Å². The summed E-state index contributed by atoms with van der Waals surface area (Å²) >= 11 is 0. The van der Waals surface area contributed by atoms with Crippen molar-refractivity contribution in [2.75, 3.05) is 11.1 Å². The molecule has 0 spiro atoms. The van der Waals surface area contributed by atoms with Crippen LogP contribution >= 0.6 is 0 Å². The molecule has 2 aromatic rings. The molecule has 21 heavy (non-hydrogen) atoms. The van der Waals surface area contributed by atoms with E-state index < -0.39 is 28.0 Å². The molecule has 1 amide bonds. The van der Waals surface area contributed by atoms with Crippen LogP contribution in [0.25, 0.3) is 0 Å². The molecule has 0 radical (unpaired) electrons. The second-order valence-electron chi connectivity index (χ2n) is 4.32. The number of carbonyl (C=O) groups is 1. The lowest BCUT2D eigenvalue weighted by Crippen LogP contribution is -2.16. The van der Waals surface area contributed by atoms with E-state index in [0.717, 1.165) is 11.6 Å². The number of nitrogen functional groups attached to an aromatic ring is 1. The number of carbonyl (C=O) groups excluding carboxylic acids is 1. The van der Waals surface area contributed by atoms with Gasteiger partial charge in [0.25, 0.3) is 11.6 Å². The summed E-state index contributed by atoms with van der Waals surface area (Å²) in [6, 6.07) is 4.84. The third kappa shape index (κ3) is 3.11. The van der Waals surface area contributed by atoms with Crippen LogP contribution in [0.3, 0.4) is 0 Å². The maximum Gasteiger partial charge on any atom is 0.295 e. The SMILES string of the molecule is Cc1ccnc(NC(=O)c2cc(F)cc([N+](=O)[O-])c2N)c1. The molecule has 0 saturated carbocycles. The van der Waals surface area contributed by atoms with E-state index in [4.69, 9.17) is 5.73 Å². The number of aryl methyl sites for hydroxylation is 1. The molecule has 0 aliphatic heterocycles. The van der Waals surface area contributed by atoms with Crippen LogP contribution in [-0.2, 0) is 0 Å². The van der Waals surface area contributed by atoms with E-state index in [9.17, 15) is 19.3 Å². The number of nitrogens with zero attached hydrogens (tertiary/aromatic N) is 2. The van der Waals surface area contributed by atoms with Crippen LogP contribution < -0.4 is 11.1 Å². The summed E-state index contributed by atoms with van der Waals surface area (Å²) in [6.45, 7) is 1.80. The largest absolute Gasteiger partial charge is 0.393 e. The minimum absolute atomic E-state index is 0.242. The number of nitro benzene ring substituents is 1. The summed E-state index contributed by atoms with van der Waals surface area (Å²) in [5, 5.41) is 13.2. The summed E-state index contributed by atoms with van der Waals surface area (Å²) in [7, 11) is 0. The molecule has 108 valence electrons. The van der Waals surface area contributed by atoms with Crippen molar-refractivity contribution in [1.82, 2.24) is 4.98 Å². The average molecular weight is 290 g/mol. The van der Waals surface area contributed by atoms with E-state index in [0.29, 0.717) is 6.07 Å². The highest BCUT2D eigenvalue weighted by Gasteiger charge is 2.22. The van der Waals surface area contributed by atoms with Gasteiger partial charge in [0.05, 0.1) is 16.6 Å². The van der Waals surface area contributed by atoms with Gasteiger partial charge in [0.1, 0.15) is 17.3 Å². The number of aromatic nitrogens is 1. The number of pyridine rings is 1. The number of anilines is 2. The molecule has 1 heterocycles. The maximum atomic E-state index is 13.4. The number of amides is 1. The molecule has 2 rings (SSSR count). The molecule has 7 nitrogen and oxygen atoms in total. The molecular formula is C13H11FN4O3. The Hall–Kier alpha value is -3.03. The van der Waals surface area contributed by atoms with Crippen molar-refractivity contribution < 1.29 is 14.1 Å². The van der Waals surface area contributed by atoms with Gasteiger partial charge in [-0.2, -0.15) is 0 Å². The first kappa shape index (κ1) is 14.4. The predicted molar refractivity (Wildman–Crippen MR) is 74.4 cm³/mol. The van der Waals surface area contributed by atoms with E-state index in [-0.39, 0.29) is 11.4 Å². The summed E-state index contributed by atoms with van der Waals surface area (Å²) in [5.74, 6) is -1.45. The van der Waals surface area contributed by atoms with Gasteiger partial charge in [0.15, 0.2) is 0 Å². The molecule has 0 aliphatic rings. The number of hydrogen-bond donors (Lipinski definition) is 2. The Morgan fingerprint density at radius 1 is 1.43 bits per heavy atom. The van der Waals surface area contributed by atoms with Crippen LogP contribution in [-0.4, -0.2) is 15.8 Å². The zero-order valence-corrected chi connectivity index (χ0v) is 11.0. The van der Waals surface area contributed by atoms with Crippen molar-refractivity contribution in [2.45, 2.75) is 6.92 Å². The topological polar surface area (TPSA) is 111 Å². The van der Waals surface area contributed by atoms with Gasteiger partial charge in [-0.3, -0.25) is 14.9 Å². The van der Waals surface area contributed by atoms with Crippen molar-refractivity contribution in [2.24, 2.45) is 0 Å². The number of nitrogens with two attached hydrogens (primary N) is 1. The average Bonchev–Trinajstić information content (AvgIpc) is 2.40. The fourth-order valence-corrected chi connectivity index (χ4v) is 1.73. The quantitative estimate of drug-likeness (QED) is 0.511. The first-order chi connectivity index (χ1) is 9.88. The molecule has 1 aromatic carbocycles. The predicted octanol–water partition coefficient (Wildman–Crippen LogP) is 2.27. The summed E-state index contributed by atoms with van der Waals surface area (Å²) in [4.78, 5) is 25.9. The molecule has 0 unspecified atom stereocenters. The van der Waals surface area contributed by atoms with Crippen LogP contribution in [0.2, 0.25) is 0 Å². The number of rotatable bonds is 3. The fraction of sp³-hybridized carbons (Fsp3) is 0.0769. The van der Waals surface area contributed by atoms with Crippen LogP contribution in [0.15, 0.2) is 30.5 Å². The second kappa shape index (κ2) is 5.53. The van der Waals surface area contributed by atoms with Crippen molar-refractivity contribution >= 4 is 23.1 Å². The molecule has 0 saturated heterocycles. The Morgan fingerprint density at radius 2 is 2.14 bits per heavy atom. The third-order valence-corrected chi connectivity index (χ3v) is 2.72. The zero-order chi connectivity index (χ0) is 15.6. The number of halogens is 1. The highest BCUT2D eigenvalue weighted by Crippen LogP contribution is 2.27. The van der Waals surface area contributed by atoms with E-state index in [2.05, 4.69) is 10.3 Å². The van der Waals surface area contributed by atoms with Gasteiger partial charge in [0.2, 0.25) is 0 Å². The van der Waals surface area contributed by atoms with Gasteiger partial charge in [-0.25, -0.2) is 9.37 Å². The van der Waals surface area contributed by atoms with Gasteiger partial charge < -0.3 is 11.1 Å². The van der Waals surface area contributed by atoms with Gasteiger partial charge in [-0.1, -0.05) is 0 Å². The van der Waals surface area contributed by atoms with Gasteiger partial charge >= 0.3 is 0 Å². The minimum Gasteiger partial charge on any atom is -0.393 e. The fourth-order valence-electron chi connectivity index (χ4n) is 1.73. The lowest BCUT2D eigenvalue weighted by Gasteiger charge is -2.08. The zero-order valence-electron chi connectivity index (χ0n) is 11.0. The summed E-state index contributed by atoms with van der Waals surface area (Å²) < 4.78 is 13.4. The maximum absolute atomic E-state index is 13.4. The molecule has 1 aromatic heterocycles. The molecule has 3 N–H and O–H groups in total. The lowest BCUT2D eigenvalue weighted by atomic mass is 10.1. The van der Waals surface area contributed by atoms with E-state index >= 15 is 0 Å². The van der Waals surface area contributed by atoms with Crippen molar-refractivity contribution in [1.29, 1.82) is 0 Å². The number of benzene rings is 1. The number of nitrogens with one attached hydrogen (secondary N) is 1. The van der Waals surface area contributed by atoms with Gasteiger partial charge in [0, 0.05) is 6.20 Å². The van der Waals surface area contributed by atoms with E-state index in [1.54, 1.807) is 19.1 Å². The molecule has 8 heteroatoms. The smallest absolute Gasteiger partial charge is 0.295 e. The van der Waals surface area contributed by atoms with E-state index in [1.165, 1.54) is 6.20 Å². The Kier molecular flexibility index (Phi) is 3.79. The van der Waals surface area contributed by atoms with Crippen molar-refractivity contribution in [3.8, 4) is 0 Å².